The average molecular weight is 177 g/mol. The quantitative estimate of drug-likeness (QED) is 0.733. The molecule has 3 N–H and O–H groups in total. The molecule has 0 saturated carbocycles. The van der Waals surface area contributed by atoms with Gasteiger partial charge >= 0.3 is 0 Å². The van der Waals surface area contributed by atoms with Crippen molar-refractivity contribution < 1.29 is 5.11 Å². The number of hydrogen-bond donors (Lipinski definition) is 2. The molecule has 0 aliphatic carbocycles. The molecule has 70 valence electrons. The molecule has 2 nitrogen and oxygen atoms in total. The highest BCUT2D eigenvalue weighted by Gasteiger charge is 2.10. The summed E-state index contributed by atoms with van der Waals surface area (Å²) in [6, 6.07) is 9.87. The van der Waals surface area contributed by atoms with Gasteiger partial charge in [-0.05, 0) is 12.5 Å². The molecule has 0 saturated heterocycles. The number of aliphatic hydroxyl groups is 1. The van der Waals surface area contributed by atoms with Crippen LogP contribution >= 0.6 is 0 Å². The number of benzene rings is 1. The standard InChI is InChI=1S/C11H15NO/c1-11(12,9-13)8-7-10-5-3-2-4-6-10/h2-8,13H,9,12H2,1H3/b8-7+. The molecular formula is C11H15NO. The SMILES string of the molecule is CC(N)(/C=C/c1ccccc1)CO. The summed E-state index contributed by atoms with van der Waals surface area (Å²) in [7, 11) is 0. The predicted molar refractivity (Wildman–Crippen MR) is 55.2 cm³/mol. The van der Waals surface area contributed by atoms with Crippen LogP contribution in [0, 0.1) is 0 Å². The van der Waals surface area contributed by atoms with E-state index in [0.717, 1.165) is 5.56 Å². The summed E-state index contributed by atoms with van der Waals surface area (Å²) in [5, 5.41) is 8.90. The molecule has 1 atom stereocenters. The van der Waals surface area contributed by atoms with E-state index in [1.54, 1.807) is 6.92 Å². The molecular weight excluding hydrogens is 162 g/mol. The fourth-order valence-electron chi connectivity index (χ4n) is 0.903. The van der Waals surface area contributed by atoms with Crippen LogP contribution in [0.3, 0.4) is 0 Å². The smallest absolute Gasteiger partial charge is 0.0644 e. The third-order valence-corrected chi connectivity index (χ3v) is 1.80. The molecule has 0 aromatic heterocycles. The lowest BCUT2D eigenvalue weighted by atomic mass is 10.0. The van der Waals surface area contributed by atoms with E-state index in [4.69, 9.17) is 10.8 Å². The highest BCUT2D eigenvalue weighted by atomic mass is 16.3. The van der Waals surface area contributed by atoms with Crippen LogP contribution in [-0.2, 0) is 0 Å². The summed E-state index contributed by atoms with van der Waals surface area (Å²) in [6.07, 6.45) is 3.72. The number of nitrogens with two attached hydrogens (primary N) is 1. The Morgan fingerprint density at radius 1 is 1.38 bits per heavy atom. The Morgan fingerprint density at radius 3 is 2.54 bits per heavy atom. The van der Waals surface area contributed by atoms with Crippen molar-refractivity contribution in [3.05, 3.63) is 42.0 Å². The van der Waals surface area contributed by atoms with Gasteiger partial charge in [0.2, 0.25) is 0 Å². The van der Waals surface area contributed by atoms with Crippen LogP contribution in [-0.4, -0.2) is 17.3 Å². The topological polar surface area (TPSA) is 46.2 Å². The summed E-state index contributed by atoms with van der Waals surface area (Å²) in [5.74, 6) is 0. The van der Waals surface area contributed by atoms with Gasteiger partial charge in [0.05, 0.1) is 12.1 Å². The zero-order valence-corrected chi connectivity index (χ0v) is 7.77. The van der Waals surface area contributed by atoms with Gasteiger partial charge in [0.25, 0.3) is 0 Å². The molecule has 2 heteroatoms. The third-order valence-electron chi connectivity index (χ3n) is 1.80. The maximum Gasteiger partial charge on any atom is 0.0644 e. The van der Waals surface area contributed by atoms with E-state index >= 15 is 0 Å². The number of aliphatic hydroxyl groups excluding tert-OH is 1. The van der Waals surface area contributed by atoms with Crippen molar-refractivity contribution in [1.29, 1.82) is 0 Å². The Bertz CT molecular complexity index is 277. The molecule has 0 spiro atoms. The van der Waals surface area contributed by atoms with Crippen LogP contribution in [0.1, 0.15) is 12.5 Å². The molecule has 0 aliphatic heterocycles. The number of rotatable bonds is 3. The van der Waals surface area contributed by atoms with Gasteiger partial charge in [0.15, 0.2) is 0 Å². The summed E-state index contributed by atoms with van der Waals surface area (Å²) >= 11 is 0. The maximum atomic E-state index is 8.90. The first kappa shape index (κ1) is 9.96. The molecule has 0 heterocycles. The van der Waals surface area contributed by atoms with Crippen LogP contribution in [0.4, 0.5) is 0 Å². The van der Waals surface area contributed by atoms with E-state index in [1.807, 2.05) is 42.5 Å². The molecule has 0 radical (unpaired) electrons. The first-order chi connectivity index (χ1) is 6.14. The molecule has 1 aromatic carbocycles. The molecule has 0 aliphatic rings. The number of hydrogen-bond acceptors (Lipinski definition) is 2. The van der Waals surface area contributed by atoms with Gasteiger partial charge in [-0.3, -0.25) is 0 Å². The fraction of sp³-hybridized carbons (Fsp3) is 0.273. The third kappa shape index (κ3) is 3.40. The van der Waals surface area contributed by atoms with Crippen molar-refractivity contribution in [1.82, 2.24) is 0 Å². The molecule has 0 bridgehead atoms. The fourth-order valence-corrected chi connectivity index (χ4v) is 0.903. The zero-order valence-electron chi connectivity index (χ0n) is 7.77. The van der Waals surface area contributed by atoms with E-state index in [0.29, 0.717) is 0 Å². The van der Waals surface area contributed by atoms with Crippen molar-refractivity contribution in [3.8, 4) is 0 Å². The maximum absolute atomic E-state index is 8.90. The van der Waals surface area contributed by atoms with Crippen LogP contribution in [0.5, 0.6) is 0 Å². The summed E-state index contributed by atoms with van der Waals surface area (Å²) < 4.78 is 0. The van der Waals surface area contributed by atoms with Crippen LogP contribution in [0.15, 0.2) is 36.4 Å². The minimum atomic E-state index is -0.629. The predicted octanol–water partition coefficient (Wildman–Crippen LogP) is 1.41. The first-order valence-corrected chi connectivity index (χ1v) is 4.28. The largest absolute Gasteiger partial charge is 0.394 e. The van der Waals surface area contributed by atoms with Gasteiger partial charge in [-0.2, -0.15) is 0 Å². The summed E-state index contributed by atoms with van der Waals surface area (Å²) in [6.45, 7) is 1.74. The minimum absolute atomic E-state index is 0.0453. The Morgan fingerprint density at radius 2 is 2.00 bits per heavy atom. The van der Waals surface area contributed by atoms with Gasteiger partial charge < -0.3 is 10.8 Å². The Balaban J connectivity index is 2.69. The summed E-state index contributed by atoms with van der Waals surface area (Å²) in [5.41, 5.74) is 6.19. The molecule has 13 heavy (non-hydrogen) atoms. The van der Waals surface area contributed by atoms with E-state index in [2.05, 4.69) is 0 Å². The molecule has 0 amide bonds. The highest BCUT2D eigenvalue weighted by molar-refractivity contribution is 5.50. The molecule has 1 rings (SSSR count). The van der Waals surface area contributed by atoms with Crippen molar-refractivity contribution in [2.75, 3.05) is 6.61 Å². The lowest BCUT2D eigenvalue weighted by Gasteiger charge is -2.15. The molecule has 0 fully saturated rings. The average Bonchev–Trinajstić information content (AvgIpc) is 2.17. The van der Waals surface area contributed by atoms with Gasteiger partial charge in [0.1, 0.15) is 0 Å². The monoisotopic (exact) mass is 177 g/mol. The zero-order chi connectivity index (χ0) is 9.73. The van der Waals surface area contributed by atoms with Crippen LogP contribution < -0.4 is 5.73 Å². The molecule has 1 aromatic rings. The first-order valence-electron chi connectivity index (χ1n) is 4.28. The highest BCUT2D eigenvalue weighted by Crippen LogP contribution is 2.06. The van der Waals surface area contributed by atoms with Crippen molar-refractivity contribution >= 4 is 6.08 Å². The molecule has 1 unspecified atom stereocenters. The lowest BCUT2D eigenvalue weighted by Crippen LogP contribution is -2.37. The van der Waals surface area contributed by atoms with Gasteiger partial charge in [-0.1, -0.05) is 42.5 Å². The van der Waals surface area contributed by atoms with Crippen molar-refractivity contribution in [2.45, 2.75) is 12.5 Å². The Labute approximate surface area is 78.7 Å². The Kier molecular flexibility index (Phi) is 3.23. The van der Waals surface area contributed by atoms with Crippen molar-refractivity contribution in [2.24, 2.45) is 5.73 Å². The van der Waals surface area contributed by atoms with Gasteiger partial charge in [-0.15, -0.1) is 0 Å². The lowest BCUT2D eigenvalue weighted by molar-refractivity contribution is 0.239. The van der Waals surface area contributed by atoms with Gasteiger partial charge in [0, 0.05) is 0 Å². The van der Waals surface area contributed by atoms with Gasteiger partial charge in [-0.25, -0.2) is 0 Å². The van der Waals surface area contributed by atoms with E-state index in [9.17, 15) is 0 Å². The summed E-state index contributed by atoms with van der Waals surface area (Å²) in [4.78, 5) is 0. The Hall–Kier alpha value is -1.12. The van der Waals surface area contributed by atoms with Crippen molar-refractivity contribution in [3.63, 3.8) is 0 Å². The van der Waals surface area contributed by atoms with Crippen LogP contribution in [0.2, 0.25) is 0 Å². The van der Waals surface area contributed by atoms with Crippen LogP contribution in [0.25, 0.3) is 6.08 Å². The second-order valence-electron chi connectivity index (χ2n) is 3.41. The van der Waals surface area contributed by atoms with E-state index < -0.39 is 5.54 Å². The van der Waals surface area contributed by atoms with E-state index in [1.165, 1.54) is 0 Å². The second-order valence-corrected chi connectivity index (χ2v) is 3.41. The van der Waals surface area contributed by atoms with E-state index in [-0.39, 0.29) is 6.61 Å². The normalized spacial score (nSPS) is 15.9. The second kappa shape index (κ2) is 4.21. The minimum Gasteiger partial charge on any atom is -0.394 e.